The van der Waals surface area contributed by atoms with Gasteiger partial charge in [-0.05, 0) is 77.9 Å². The molecule has 0 spiro atoms. The van der Waals surface area contributed by atoms with Crippen LogP contribution in [0.3, 0.4) is 0 Å². The number of benzene rings is 5. The third kappa shape index (κ3) is 8.75. The van der Waals surface area contributed by atoms with Crippen molar-refractivity contribution < 1.29 is 28.2 Å². The van der Waals surface area contributed by atoms with Crippen molar-refractivity contribution in [3.63, 3.8) is 0 Å². The Morgan fingerprint density at radius 3 is 2.16 bits per heavy atom. The fourth-order valence-electron chi connectivity index (χ4n) is 4.90. The number of rotatable bonds is 10. The van der Waals surface area contributed by atoms with Gasteiger partial charge in [-0.1, -0.05) is 70.5 Å². The van der Waals surface area contributed by atoms with Gasteiger partial charge in [0.15, 0.2) is 11.5 Å². The Morgan fingerprint density at radius 1 is 0.755 bits per heavy atom. The molecule has 1 aliphatic heterocycles. The molecule has 0 aromatic heterocycles. The summed E-state index contributed by atoms with van der Waals surface area (Å²) in [4.78, 5) is 40.8. The Bertz CT molecular complexity index is 2010. The first-order valence-electron chi connectivity index (χ1n) is 15.2. The molecule has 5 aromatic rings. The number of nitrogens with one attached hydrogen (secondary N) is 3. The molecule has 1 heterocycles. The van der Waals surface area contributed by atoms with Gasteiger partial charge in [0.2, 0.25) is 5.91 Å². The molecule has 0 radical (unpaired) electrons. The highest BCUT2D eigenvalue weighted by Gasteiger charge is 2.24. The second-order valence-electron chi connectivity index (χ2n) is 10.8. The van der Waals surface area contributed by atoms with E-state index in [9.17, 15) is 18.8 Å². The quantitative estimate of drug-likeness (QED) is 0.0985. The Labute approximate surface area is 294 Å². The van der Waals surface area contributed by atoms with E-state index in [0.717, 1.165) is 14.9 Å². The standard InChI is InChI=1S/C38H29BrFN3O5S/c39-26-12-10-24(11-13-26)22-32(43-36(44)30-8-4-5-9-31(30)40)37(45)41-27-14-17-29(18-15-27)49-35(25-6-2-1-3-7-25)38(46)42-28-16-19-33-34(23-28)48-21-20-47-33/h1-19,22-23,35H,20-21H2,(H,41,45)(H,42,46)(H,43,44)/b32-22+/t35-/m1/s1. The zero-order valence-electron chi connectivity index (χ0n) is 25.8. The van der Waals surface area contributed by atoms with Crippen molar-refractivity contribution in [2.45, 2.75) is 10.1 Å². The molecule has 0 bridgehead atoms. The number of hydrogen-bond acceptors (Lipinski definition) is 6. The fraction of sp³-hybridized carbons (Fsp3) is 0.0789. The Morgan fingerprint density at radius 2 is 1.43 bits per heavy atom. The predicted octanol–water partition coefficient (Wildman–Crippen LogP) is 8.24. The number of fused-ring (bicyclic) bond motifs is 1. The van der Waals surface area contributed by atoms with Gasteiger partial charge in [0.05, 0.1) is 5.56 Å². The summed E-state index contributed by atoms with van der Waals surface area (Å²) in [7, 11) is 0. The van der Waals surface area contributed by atoms with Gasteiger partial charge in [0.25, 0.3) is 11.8 Å². The molecule has 1 atom stereocenters. The van der Waals surface area contributed by atoms with Gasteiger partial charge in [0.1, 0.15) is 30.0 Å². The highest BCUT2D eigenvalue weighted by atomic mass is 79.9. The average Bonchev–Trinajstić information content (AvgIpc) is 3.12. The van der Waals surface area contributed by atoms with Gasteiger partial charge < -0.3 is 25.4 Å². The average molecular weight is 739 g/mol. The van der Waals surface area contributed by atoms with Crippen LogP contribution in [0.15, 0.2) is 136 Å². The first kappa shape index (κ1) is 33.5. The zero-order valence-corrected chi connectivity index (χ0v) is 28.2. The number of carbonyl (C=O) groups excluding carboxylic acids is 3. The Hall–Kier alpha value is -5.39. The molecule has 0 saturated carbocycles. The lowest BCUT2D eigenvalue weighted by molar-refractivity contribution is -0.116. The molecule has 246 valence electrons. The topological polar surface area (TPSA) is 106 Å². The summed E-state index contributed by atoms with van der Waals surface area (Å²) in [6.07, 6.45) is 1.51. The highest BCUT2D eigenvalue weighted by molar-refractivity contribution is 9.10. The normalized spacial score (nSPS) is 12.8. The van der Waals surface area contributed by atoms with Crippen molar-refractivity contribution in [3.05, 3.63) is 154 Å². The van der Waals surface area contributed by atoms with Gasteiger partial charge in [0, 0.05) is 26.8 Å². The number of carbonyl (C=O) groups is 3. The number of ether oxygens (including phenoxy) is 2. The maximum absolute atomic E-state index is 14.3. The second kappa shape index (κ2) is 15.7. The van der Waals surface area contributed by atoms with E-state index in [1.165, 1.54) is 36.0 Å². The van der Waals surface area contributed by atoms with E-state index < -0.39 is 22.9 Å². The van der Waals surface area contributed by atoms with Crippen molar-refractivity contribution in [2.24, 2.45) is 0 Å². The molecule has 0 fully saturated rings. The van der Waals surface area contributed by atoms with E-state index in [1.54, 1.807) is 72.8 Å². The Kier molecular flexibility index (Phi) is 10.7. The van der Waals surface area contributed by atoms with Gasteiger partial charge >= 0.3 is 0 Å². The van der Waals surface area contributed by atoms with Crippen molar-refractivity contribution in [1.82, 2.24) is 5.32 Å². The second-order valence-corrected chi connectivity index (χ2v) is 12.9. The molecule has 0 unspecified atom stereocenters. The van der Waals surface area contributed by atoms with Gasteiger partial charge in [-0.3, -0.25) is 14.4 Å². The smallest absolute Gasteiger partial charge is 0.272 e. The first-order chi connectivity index (χ1) is 23.8. The first-order valence-corrected chi connectivity index (χ1v) is 16.9. The molecule has 8 nitrogen and oxygen atoms in total. The van der Waals surface area contributed by atoms with Crippen molar-refractivity contribution in [1.29, 1.82) is 0 Å². The van der Waals surface area contributed by atoms with Crippen LogP contribution in [-0.2, 0) is 9.59 Å². The van der Waals surface area contributed by atoms with Gasteiger partial charge in [-0.2, -0.15) is 0 Å². The van der Waals surface area contributed by atoms with Crippen molar-refractivity contribution in [3.8, 4) is 11.5 Å². The number of thioether (sulfide) groups is 1. The maximum Gasteiger partial charge on any atom is 0.272 e. The molecule has 0 saturated heterocycles. The lowest BCUT2D eigenvalue weighted by Gasteiger charge is -2.20. The minimum atomic E-state index is -0.759. The van der Waals surface area contributed by atoms with Gasteiger partial charge in [-0.15, -0.1) is 11.8 Å². The van der Waals surface area contributed by atoms with E-state index >= 15 is 0 Å². The number of amides is 3. The summed E-state index contributed by atoms with van der Waals surface area (Å²) >= 11 is 4.74. The summed E-state index contributed by atoms with van der Waals surface area (Å²) in [6.45, 7) is 0.915. The van der Waals surface area contributed by atoms with Crippen LogP contribution in [-0.4, -0.2) is 30.9 Å². The largest absolute Gasteiger partial charge is 0.486 e. The maximum atomic E-state index is 14.3. The lowest BCUT2D eigenvalue weighted by Crippen LogP contribution is -2.31. The van der Waals surface area contributed by atoms with Crippen LogP contribution in [0.5, 0.6) is 11.5 Å². The van der Waals surface area contributed by atoms with Crippen LogP contribution < -0.4 is 25.4 Å². The molecule has 1 aliphatic rings. The third-order valence-corrected chi connectivity index (χ3v) is 9.10. The van der Waals surface area contributed by atoms with Crippen LogP contribution in [0.4, 0.5) is 15.8 Å². The zero-order chi connectivity index (χ0) is 34.2. The number of anilines is 2. The van der Waals surface area contributed by atoms with E-state index in [2.05, 4.69) is 31.9 Å². The third-order valence-electron chi connectivity index (χ3n) is 7.31. The highest BCUT2D eigenvalue weighted by Crippen LogP contribution is 2.38. The molecule has 3 amide bonds. The molecule has 11 heteroatoms. The van der Waals surface area contributed by atoms with Crippen molar-refractivity contribution in [2.75, 3.05) is 23.8 Å². The van der Waals surface area contributed by atoms with Crippen LogP contribution in [0.25, 0.3) is 6.08 Å². The molecular formula is C38H29BrFN3O5S. The van der Waals surface area contributed by atoms with E-state index in [4.69, 9.17) is 9.47 Å². The van der Waals surface area contributed by atoms with Crippen LogP contribution >= 0.6 is 27.7 Å². The number of halogens is 2. The monoisotopic (exact) mass is 737 g/mol. The van der Waals surface area contributed by atoms with Gasteiger partial charge in [-0.25, -0.2) is 4.39 Å². The van der Waals surface area contributed by atoms with E-state index in [-0.39, 0.29) is 17.2 Å². The van der Waals surface area contributed by atoms with E-state index in [1.807, 2.05) is 30.3 Å². The molecule has 0 aliphatic carbocycles. The number of hydrogen-bond donors (Lipinski definition) is 3. The minimum absolute atomic E-state index is 0.0750. The summed E-state index contributed by atoms with van der Waals surface area (Å²) in [6, 6.07) is 34.4. The molecular weight excluding hydrogens is 709 g/mol. The predicted molar refractivity (Wildman–Crippen MR) is 192 cm³/mol. The van der Waals surface area contributed by atoms with E-state index in [0.29, 0.717) is 41.7 Å². The van der Waals surface area contributed by atoms with Crippen LogP contribution in [0.2, 0.25) is 0 Å². The Balaban J connectivity index is 1.18. The summed E-state index contributed by atoms with van der Waals surface area (Å²) in [5.41, 5.74) is 2.23. The molecule has 49 heavy (non-hydrogen) atoms. The molecule has 3 N–H and O–H groups in total. The summed E-state index contributed by atoms with van der Waals surface area (Å²) in [5, 5.41) is 7.76. The van der Waals surface area contributed by atoms with Crippen LogP contribution in [0, 0.1) is 5.82 Å². The fourth-order valence-corrected chi connectivity index (χ4v) is 6.19. The SMILES string of the molecule is O=C(Nc1ccc(S[C@@H](C(=O)Nc2ccc3c(c2)OCCO3)c2ccccc2)cc1)/C(=C\c1ccc(Br)cc1)NC(=O)c1ccccc1F. The summed E-state index contributed by atoms with van der Waals surface area (Å²) in [5.74, 6) is -1.08. The van der Waals surface area contributed by atoms with Crippen LogP contribution in [0.1, 0.15) is 26.7 Å². The lowest BCUT2D eigenvalue weighted by atomic mass is 10.1. The van der Waals surface area contributed by atoms with Crippen molar-refractivity contribution >= 4 is 62.9 Å². The minimum Gasteiger partial charge on any atom is -0.486 e. The summed E-state index contributed by atoms with van der Waals surface area (Å²) < 4.78 is 26.4. The molecule has 5 aromatic carbocycles. The molecule has 6 rings (SSSR count).